The average Bonchev–Trinajstić information content (AvgIpc) is 2.35. The van der Waals surface area contributed by atoms with Crippen molar-refractivity contribution in [3.63, 3.8) is 0 Å². The van der Waals surface area contributed by atoms with Gasteiger partial charge < -0.3 is 10.1 Å². The quantitative estimate of drug-likeness (QED) is 0.814. The smallest absolute Gasteiger partial charge is 0.251 e. The summed E-state index contributed by atoms with van der Waals surface area (Å²) in [4.78, 5) is 11.8. The third kappa shape index (κ3) is 4.59. The fourth-order valence-corrected chi connectivity index (χ4v) is 2.42. The number of rotatable bonds is 6. The highest BCUT2D eigenvalue weighted by Gasteiger charge is 2.17. The van der Waals surface area contributed by atoms with Gasteiger partial charge in [0.2, 0.25) is 10.0 Å². The van der Waals surface area contributed by atoms with Gasteiger partial charge in [0.25, 0.3) is 5.91 Å². The van der Waals surface area contributed by atoms with E-state index in [1.54, 1.807) is 6.07 Å². The number of ether oxygens (including phenoxy) is 1. The molecule has 1 aromatic rings. The number of amides is 1. The molecule has 3 N–H and O–H groups in total. The summed E-state index contributed by atoms with van der Waals surface area (Å²) in [5.74, 6) is -0.0167. The molecule has 0 bridgehead atoms. The number of methoxy groups -OCH3 is 1. The number of hydrogen-bond donors (Lipinski definition) is 2. The van der Waals surface area contributed by atoms with Gasteiger partial charge in [-0.1, -0.05) is 19.9 Å². The van der Waals surface area contributed by atoms with Crippen molar-refractivity contribution in [2.75, 3.05) is 13.7 Å². The Balaban J connectivity index is 3.10. The third-order valence-electron chi connectivity index (χ3n) is 2.61. The lowest BCUT2D eigenvalue weighted by Gasteiger charge is -2.11. The number of sulfonamides is 1. The summed E-state index contributed by atoms with van der Waals surface area (Å²) in [7, 11) is -2.45. The lowest BCUT2D eigenvalue weighted by molar-refractivity contribution is 0.0948. The molecule has 0 heterocycles. The van der Waals surface area contributed by atoms with Gasteiger partial charge in [-0.2, -0.15) is 0 Å². The van der Waals surface area contributed by atoms with Crippen LogP contribution in [-0.2, 0) is 21.4 Å². The van der Waals surface area contributed by atoms with Crippen molar-refractivity contribution in [1.82, 2.24) is 5.32 Å². The maximum Gasteiger partial charge on any atom is 0.251 e. The van der Waals surface area contributed by atoms with Crippen LogP contribution < -0.4 is 10.5 Å². The molecule has 0 radical (unpaired) electrons. The molecule has 0 unspecified atom stereocenters. The third-order valence-corrected chi connectivity index (χ3v) is 3.60. The second-order valence-electron chi connectivity index (χ2n) is 4.90. The first kappa shape index (κ1) is 16.6. The lowest BCUT2D eigenvalue weighted by Crippen LogP contribution is -2.27. The minimum absolute atomic E-state index is 0.0865. The Morgan fingerprint density at radius 2 is 2.05 bits per heavy atom. The van der Waals surface area contributed by atoms with Gasteiger partial charge in [0, 0.05) is 19.2 Å². The van der Waals surface area contributed by atoms with E-state index in [2.05, 4.69) is 5.32 Å². The van der Waals surface area contributed by atoms with E-state index in [0.29, 0.717) is 18.0 Å². The minimum atomic E-state index is -3.90. The summed E-state index contributed by atoms with van der Waals surface area (Å²) in [5, 5.41) is 7.89. The molecule has 1 amide bonds. The molecule has 20 heavy (non-hydrogen) atoms. The largest absolute Gasteiger partial charge is 0.380 e. The Morgan fingerprint density at radius 3 is 2.55 bits per heavy atom. The van der Waals surface area contributed by atoms with Crippen LogP contribution in [0.2, 0.25) is 0 Å². The molecule has 0 aliphatic heterocycles. The highest BCUT2D eigenvalue weighted by Crippen LogP contribution is 2.17. The van der Waals surface area contributed by atoms with Gasteiger partial charge in [-0.05, 0) is 23.6 Å². The van der Waals surface area contributed by atoms with Crippen molar-refractivity contribution < 1.29 is 17.9 Å². The van der Waals surface area contributed by atoms with Gasteiger partial charge in [0.15, 0.2) is 0 Å². The van der Waals surface area contributed by atoms with Gasteiger partial charge in [-0.3, -0.25) is 4.79 Å². The van der Waals surface area contributed by atoms with Gasteiger partial charge in [-0.15, -0.1) is 0 Å². The van der Waals surface area contributed by atoms with Crippen LogP contribution >= 0.6 is 0 Å². The number of nitrogens with two attached hydrogens (primary N) is 1. The Bertz CT molecular complexity index is 582. The zero-order valence-electron chi connectivity index (χ0n) is 11.8. The Kier molecular flexibility index (Phi) is 5.67. The molecule has 6 nitrogen and oxygen atoms in total. The number of primary sulfonamides is 1. The summed E-state index contributed by atoms with van der Waals surface area (Å²) < 4.78 is 28.0. The summed E-state index contributed by atoms with van der Waals surface area (Å²) in [6.07, 6.45) is 0. The van der Waals surface area contributed by atoms with Crippen LogP contribution in [0.3, 0.4) is 0 Å². The molecule has 7 heteroatoms. The first-order valence-corrected chi connectivity index (χ1v) is 7.73. The van der Waals surface area contributed by atoms with Crippen molar-refractivity contribution in [2.45, 2.75) is 25.3 Å². The van der Waals surface area contributed by atoms with Crippen molar-refractivity contribution in [2.24, 2.45) is 11.1 Å². The number of benzene rings is 1. The number of nitrogens with one attached hydrogen (secondary N) is 1. The summed E-state index contributed by atoms with van der Waals surface area (Å²) in [6.45, 7) is 4.57. The van der Waals surface area contributed by atoms with E-state index in [1.807, 2.05) is 13.8 Å². The lowest BCUT2D eigenvalue weighted by atomic mass is 10.1. The van der Waals surface area contributed by atoms with E-state index in [4.69, 9.17) is 9.88 Å². The second kappa shape index (κ2) is 6.83. The summed E-state index contributed by atoms with van der Waals surface area (Å²) in [5.41, 5.74) is 0.685. The van der Waals surface area contributed by atoms with Crippen LogP contribution in [0.1, 0.15) is 29.8 Å². The van der Waals surface area contributed by atoms with Gasteiger partial charge in [0.05, 0.1) is 11.5 Å². The molecule has 112 valence electrons. The normalized spacial score (nSPS) is 11.7. The highest BCUT2D eigenvalue weighted by atomic mass is 32.2. The maximum absolute atomic E-state index is 11.9. The first-order valence-electron chi connectivity index (χ1n) is 6.18. The predicted molar refractivity (Wildman–Crippen MR) is 75.7 cm³/mol. The van der Waals surface area contributed by atoms with Crippen molar-refractivity contribution in [1.29, 1.82) is 0 Å². The van der Waals surface area contributed by atoms with E-state index in [0.717, 1.165) is 0 Å². The van der Waals surface area contributed by atoms with Crippen LogP contribution in [-0.4, -0.2) is 28.0 Å². The Morgan fingerprint density at radius 1 is 1.40 bits per heavy atom. The molecule has 0 aliphatic rings. The van der Waals surface area contributed by atoms with E-state index >= 15 is 0 Å². The highest BCUT2D eigenvalue weighted by molar-refractivity contribution is 7.89. The number of carbonyl (C=O) groups excluding carboxylic acids is 1. The standard InChI is InChI=1S/C13H20N2O4S/c1-9(2)7-15-13(16)10-4-5-11(8-19-3)12(6-10)20(14,17)18/h4-6,9H,7-8H2,1-3H3,(H,15,16)(H2,14,17,18). The fourth-order valence-electron chi connectivity index (χ4n) is 1.63. The van der Waals surface area contributed by atoms with Crippen LogP contribution in [0.25, 0.3) is 0 Å². The molecule has 0 spiro atoms. The molecule has 0 saturated carbocycles. The molecule has 1 rings (SSSR count). The fraction of sp³-hybridized carbons (Fsp3) is 0.462. The summed E-state index contributed by atoms with van der Waals surface area (Å²) >= 11 is 0. The van der Waals surface area contributed by atoms with Crippen LogP contribution in [0.4, 0.5) is 0 Å². The molecular weight excluding hydrogens is 280 g/mol. The van der Waals surface area contributed by atoms with Crippen LogP contribution in [0.15, 0.2) is 23.1 Å². The molecule has 1 aromatic carbocycles. The Labute approximate surface area is 119 Å². The molecule has 0 saturated heterocycles. The molecule has 0 fully saturated rings. The molecule has 0 aliphatic carbocycles. The second-order valence-corrected chi connectivity index (χ2v) is 6.43. The summed E-state index contributed by atoms with van der Waals surface area (Å²) in [6, 6.07) is 4.37. The van der Waals surface area contributed by atoms with Crippen molar-refractivity contribution in [3.8, 4) is 0 Å². The first-order chi connectivity index (χ1) is 9.25. The molecule has 0 aromatic heterocycles. The SMILES string of the molecule is COCc1ccc(C(=O)NCC(C)C)cc1S(N)(=O)=O. The molecular formula is C13H20N2O4S. The van der Waals surface area contributed by atoms with Crippen molar-refractivity contribution >= 4 is 15.9 Å². The van der Waals surface area contributed by atoms with Crippen LogP contribution in [0.5, 0.6) is 0 Å². The molecule has 0 atom stereocenters. The monoisotopic (exact) mass is 300 g/mol. The van der Waals surface area contributed by atoms with Gasteiger partial charge in [0.1, 0.15) is 0 Å². The van der Waals surface area contributed by atoms with E-state index in [1.165, 1.54) is 19.2 Å². The topological polar surface area (TPSA) is 98.5 Å². The van der Waals surface area contributed by atoms with Gasteiger partial charge in [-0.25, -0.2) is 13.6 Å². The predicted octanol–water partition coefficient (Wildman–Crippen LogP) is 0.866. The Hall–Kier alpha value is -1.44. The maximum atomic E-state index is 11.9. The zero-order valence-corrected chi connectivity index (χ0v) is 12.7. The van der Waals surface area contributed by atoms with E-state index in [9.17, 15) is 13.2 Å². The minimum Gasteiger partial charge on any atom is -0.380 e. The number of hydrogen-bond acceptors (Lipinski definition) is 4. The van der Waals surface area contributed by atoms with Gasteiger partial charge >= 0.3 is 0 Å². The van der Waals surface area contributed by atoms with Crippen LogP contribution in [0, 0.1) is 5.92 Å². The van der Waals surface area contributed by atoms with Crippen molar-refractivity contribution in [3.05, 3.63) is 29.3 Å². The number of carbonyl (C=O) groups is 1. The average molecular weight is 300 g/mol. The van der Waals surface area contributed by atoms with E-state index < -0.39 is 10.0 Å². The zero-order chi connectivity index (χ0) is 15.3. The van der Waals surface area contributed by atoms with E-state index in [-0.39, 0.29) is 23.0 Å².